The third-order valence-corrected chi connectivity index (χ3v) is 3.39. The zero-order chi connectivity index (χ0) is 12.1. The van der Waals surface area contributed by atoms with Crippen LogP contribution in [-0.2, 0) is 9.47 Å². The SMILES string of the molecule is COc1ccccc1OCC1(CBr)OCCO1. The standard InChI is InChI=1S/C12H15BrO4/c1-14-10-4-2-3-5-11(10)15-9-12(8-13)16-6-7-17-12/h2-5H,6-9H2,1H3. The summed E-state index contributed by atoms with van der Waals surface area (Å²) in [6, 6.07) is 7.51. The number of rotatable bonds is 5. The summed E-state index contributed by atoms with van der Waals surface area (Å²) in [5, 5.41) is 0.579. The van der Waals surface area contributed by atoms with Crippen LogP contribution in [0.1, 0.15) is 0 Å². The zero-order valence-electron chi connectivity index (χ0n) is 9.65. The van der Waals surface area contributed by atoms with Gasteiger partial charge < -0.3 is 18.9 Å². The molecule has 0 bridgehead atoms. The van der Waals surface area contributed by atoms with Gasteiger partial charge in [-0.25, -0.2) is 0 Å². The van der Waals surface area contributed by atoms with E-state index in [1.807, 2.05) is 24.3 Å². The molecule has 1 aliphatic rings. The van der Waals surface area contributed by atoms with E-state index in [2.05, 4.69) is 15.9 Å². The van der Waals surface area contributed by atoms with Gasteiger partial charge in [-0.1, -0.05) is 28.1 Å². The Labute approximate surface area is 109 Å². The van der Waals surface area contributed by atoms with Crippen LogP contribution < -0.4 is 9.47 Å². The van der Waals surface area contributed by atoms with Crippen LogP contribution in [0.2, 0.25) is 0 Å². The number of hydrogen-bond donors (Lipinski definition) is 0. The predicted octanol–water partition coefficient (Wildman–Crippen LogP) is 2.21. The third kappa shape index (κ3) is 2.91. The highest BCUT2D eigenvalue weighted by Gasteiger charge is 2.36. The molecule has 0 N–H and O–H groups in total. The van der Waals surface area contributed by atoms with E-state index >= 15 is 0 Å². The minimum atomic E-state index is -0.680. The summed E-state index contributed by atoms with van der Waals surface area (Å²) in [6.45, 7) is 1.53. The normalized spacial score (nSPS) is 18.0. The van der Waals surface area contributed by atoms with Crippen LogP contribution in [0.15, 0.2) is 24.3 Å². The van der Waals surface area contributed by atoms with Crippen molar-refractivity contribution in [2.24, 2.45) is 0 Å². The molecule has 1 aromatic rings. The molecule has 94 valence electrons. The van der Waals surface area contributed by atoms with Crippen molar-refractivity contribution in [3.8, 4) is 11.5 Å². The minimum absolute atomic E-state index is 0.332. The van der Waals surface area contributed by atoms with Crippen molar-refractivity contribution in [3.05, 3.63) is 24.3 Å². The van der Waals surface area contributed by atoms with Gasteiger partial charge in [-0.15, -0.1) is 0 Å². The monoisotopic (exact) mass is 302 g/mol. The predicted molar refractivity (Wildman–Crippen MR) is 66.9 cm³/mol. The van der Waals surface area contributed by atoms with Crippen LogP contribution in [0.3, 0.4) is 0 Å². The molecule has 1 aliphatic heterocycles. The maximum Gasteiger partial charge on any atom is 0.213 e. The number of benzene rings is 1. The van der Waals surface area contributed by atoms with E-state index in [9.17, 15) is 0 Å². The van der Waals surface area contributed by atoms with Gasteiger partial charge in [0.05, 0.1) is 25.7 Å². The Balaban J connectivity index is 2.01. The van der Waals surface area contributed by atoms with Crippen molar-refractivity contribution in [1.29, 1.82) is 0 Å². The Bertz CT molecular complexity index is 363. The van der Waals surface area contributed by atoms with Crippen molar-refractivity contribution in [2.45, 2.75) is 5.79 Å². The average Bonchev–Trinajstić information content (AvgIpc) is 2.86. The quantitative estimate of drug-likeness (QED) is 0.782. The summed E-state index contributed by atoms with van der Waals surface area (Å²) >= 11 is 3.38. The van der Waals surface area contributed by atoms with E-state index in [1.54, 1.807) is 7.11 Å². The fraction of sp³-hybridized carbons (Fsp3) is 0.500. The summed E-state index contributed by atoms with van der Waals surface area (Å²) in [7, 11) is 1.62. The molecule has 0 unspecified atom stereocenters. The summed E-state index contributed by atoms with van der Waals surface area (Å²) in [5.41, 5.74) is 0. The first-order chi connectivity index (χ1) is 8.29. The second-order valence-electron chi connectivity index (χ2n) is 3.68. The first-order valence-corrected chi connectivity index (χ1v) is 6.51. The van der Waals surface area contributed by atoms with E-state index < -0.39 is 5.79 Å². The fourth-order valence-electron chi connectivity index (χ4n) is 1.62. The Morgan fingerprint density at radius 2 is 1.88 bits per heavy atom. The van der Waals surface area contributed by atoms with Crippen LogP contribution in [0.5, 0.6) is 11.5 Å². The van der Waals surface area contributed by atoms with Crippen LogP contribution in [0.25, 0.3) is 0 Å². The lowest BCUT2D eigenvalue weighted by molar-refractivity contribution is -0.157. The van der Waals surface area contributed by atoms with Crippen molar-refractivity contribution < 1.29 is 18.9 Å². The van der Waals surface area contributed by atoms with Crippen LogP contribution in [-0.4, -0.2) is 38.0 Å². The lowest BCUT2D eigenvalue weighted by Crippen LogP contribution is -2.39. The van der Waals surface area contributed by atoms with E-state index in [0.717, 1.165) is 0 Å². The maximum absolute atomic E-state index is 5.70. The third-order valence-electron chi connectivity index (χ3n) is 2.53. The first kappa shape index (κ1) is 12.7. The molecule has 17 heavy (non-hydrogen) atoms. The number of methoxy groups -OCH3 is 1. The van der Waals surface area contributed by atoms with Gasteiger partial charge >= 0.3 is 0 Å². The molecule has 0 radical (unpaired) electrons. The molecule has 5 heteroatoms. The topological polar surface area (TPSA) is 36.9 Å². The molecular formula is C12H15BrO4. The van der Waals surface area contributed by atoms with E-state index in [4.69, 9.17) is 18.9 Å². The van der Waals surface area contributed by atoms with Gasteiger partial charge in [0.1, 0.15) is 6.61 Å². The van der Waals surface area contributed by atoms with E-state index in [1.165, 1.54) is 0 Å². The Morgan fingerprint density at radius 1 is 1.24 bits per heavy atom. The van der Waals surface area contributed by atoms with Crippen LogP contribution in [0.4, 0.5) is 0 Å². The van der Waals surface area contributed by atoms with Gasteiger partial charge in [-0.2, -0.15) is 0 Å². The second-order valence-corrected chi connectivity index (χ2v) is 4.24. The number of halogens is 1. The van der Waals surface area contributed by atoms with Gasteiger partial charge in [0.15, 0.2) is 11.5 Å². The molecule has 4 nitrogen and oxygen atoms in total. The molecule has 1 saturated heterocycles. The van der Waals surface area contributed by atoms with Gasteiger partial charge in [-0.3, -0.25) is 0 Å². The lowest BCUT2D eigenvalue weighted by atomic mass is 10.3. The Morgan fingerprint density at radius 3 is 2.47 bits per heavy atom. The number of hydrogen-bond acceptors (Lipinski definition) is 4. The Kier molecular flexibility index (Phi) is 4.25. The molecule has 1 fully saturated rings. The molecule has 0 saturated carbocycles. The molecule has 1 heterocycles. The minimum Gasteiger partial charge on any atom is -0.493 e. The van der Waals surface area contributed by atoms with Crippen molar-refractivity contribution in [3.63, 3.8) is 0 Å². The highest BCUT2D eigenvalue weighted by Crippen LogP contribution is 2.29. The summed E-state index contributed by atoms with van der Waals surface area (Å²) in [4.78, 5) is 0. The van der Waals surface area contributed by atoms with Gasteiger partial charge in [0.25, 0.3) is 0 Å². The summed E-state index contributed by atoms with van der Waals surface area (Å²) in [5.74, 6) is 0.713. The maximum atomic E-state index is 5.70. The molecule has 0 aromatic heterocycles. The van der Waals surface area contributed by atoms with Crippen molar-refractivity contribution in [2.75, 3.05) is 32.3 Å². The fourth-order valence-corrected chi connectivity index (χ4v) is 2.11. The molecule has 1 aromatic carbocycles. The van der Waals surface area contributed by atoms with Crippen LogP contribution in [0, 0.1) is 0 Å². The number of para-hydroxylation sites is 2. The molecular weight excluding hydrogens is 288 g/mol. The summed E-state index contributed by atoms with van der Waals surface area (Å²) in [6.07, 6.45) is 0. The molecule has 0 spiro atoms. The summed E-state index contributed by atoms with van der Waals surface area (Å²) < 4.78 is 22.0. The van der Waals surface area contributed by atoms with E-state index in [-0.39, 0.29) is 0 Å². The first-order valence-electron chi connectivity index (χ1n) is 5.39. The van der Waals surface area contributed by atoms with Gasteiger partial charge in [0, 0.05) is 0 Å². The van der Waals surface area contributed by atoms with E-state index in [0.29, 0.717) is 36.6 Å². The smallest absolute Gasteiger partial charge is 0.213 e. The molecule has 0 atom stereocenters. The molecule has 2 rings (SSSR count). The zero-order valence-corrected chi connectivity index (χ0v) is 11.2. The van der Waals surface area contributed by atoms with Crippen molar-refractivity contribution >= 4 is 15.9 Å². The average molecular weight is 303 g/mol. The second kappa shape index (κ2) is 5.71. The highest BCUT2D eigenvalue weighted by molar-refractivity contribution is 9.09. The van der Waals surface area contributed by atoms with Crippen molar-refractivity contribution in [1.82, 2.24) is 0 Å². The van der Waals surface area contributed by atoms with Crippen LogP contribution >= 0.6 is 15.9 Å². The lowest BCUT2D eigenvalue weighted by Gasteiger charge is -2.25. The molecule has 0 aliphatic carbocycles. The van der Waals surface area contributed by atoms with Gasteiger partial charge in [0.2, 0.25) is 5.79 Å². The Hall–Kier alpha value is -0.780. The highest BCUT2D eigenvalue weighted by atomic mass is 79.9. The molecule has 0 amide bonds. The number of ether oxygens (including phenoxy) is 4. The van der Waals surface area contributed by atoms with Gasteiger partial charge in [-0.05, 0) is 12.1 Å². The number of alkyl halides is 1. The largest absolute Gasteiger partial charge is 0.493 e.